The van der Waals surface area contributed by atoms with Crippen LogP contribution in [0.3, 0.4) is 0 Å². The Morgan fingerprint density at radius 1 is 1.32 bits per heavy atom. The van der Waals surface area contributed by atoms with Gasteiger partial charge in [0.1, 0.15) is 18.0 Å². The molecule has 1 atom stereocenters. The molecule has 0 saturated heterocycles. The van der Waals surface area contributed by atoms with Gasteiger partial charge in [-0.05, 0) is 29.5 Å². The Hall–Kier alpha value is -3.47. The summed E-state index contributed by atoms with van der Waals surface area (Å²) >= 11 is 0. The van der Waals surface area contributed by atoms with E-state index in [0.29, 0.717) is 35.6 Å². The van der Waals surface area contributed by atoms with Gasteiger partial charge in [0, 0.05) is 17.7 Å². The number of hydrogen-bond acceptors (Lipinski definition) is 6. The van der Waals surface area contributed by atoms with E-state index in [1.54, 1.807) is 17.0 Å². The van der Waals surface area contributed by atoms with Crippen LogP contribution in [0.4, 0.5) is 10.3 Å². The lowest BCUT2D eigenvalue weighted by atomic mass is 9.68. The summed E-state index contributed by atoms with van der Waals surface area (Å²) in [5.41, 5.74) is 8.22. The molecule has 0 amide bonds. The Morgan fingerprint density at radius 3 is 2.64 bits per heavy atom. The van der Waals surface area contributed by atoms with Gasteiger partial charge < -0.3 is 5.73 Å². The third-order valence-electron chi connectivity index (χ3n) is 5.20. The lowest BCUT2D eigenvalue weighted by molar-refractivity contribution is -0.118. The number of rotatable bonds is 2. The van der Waals surface area contributed by atoms with Crippen molar-refractivity contribution in [2.24, 2.45) is 11.1 Å². The first-order chi connectivity index (χ1) is 13.3. The molecular weight excluding hydrogens is 359 g/mol. The number of benzene rings is 1. The van der Waals surface area contributed by atoms with Crippen molar-refractivity contribution in [2.75, 3.05) is 4.90 Å². The molecule has 0 unspecified atom stereocenters. The van der Waals surface area contributed by atoms with E-state index in [0.717, 1.165) is 0 Å². The molecule has 1 aromatic heterocycles. The number of aromatic amines is 1. The highest BCUT2D eigenvalue weighted by Crippen LogP contribution is 2.49. The van der Waals surface area contributed by atoms with Gasteiger partial charge >= 0.3 is 0 Å². The summed E-state index contributed by atoms with van der Waals surface area (Å²) in [7, 11) is 0. The summed E-state index contributed by atoms with van der Waals surface area (Å²) in [5, 5.41) is 16.5. The second-order valence-electron chi connectivity index (χ2n) is 7.84. The minimum atomic E-state index is -0.636. The number of nitrogens with one attached hydrogen (secondary N) is 1. The van der Waals surface area contributed by atoms with Crippen LogP contribution in [0.25, 0.3) is 0 Å². The number of carbonyl (C=O) groups is 1. The molecule has 0 radical (unpaired) electrons. The average Bonchev–Trinajstić information content (AvgIpc) is 3.14. The number of aromatic nitrogens is 3. The Bertz CT molecular complexity index is 1040. The molecule has 0 bridgehead atoms. The first kappa shape index (κ1) is 17.9. The average molecular weight is 378 g/mol. The van der Waals surface area contributed by atoms with Gasteiger partial charge in [-0.25, -0.2) is 9.49 Å². The molecule has 2 aliphatic rings. The highest BCUT2D eigenvalue weighted by atomic mass is 19.1. The minimum absolute atomic E-state index is 0.0506. The monoisotopic (exact) mass is 378 g/mol. The molecule has 1 aliphatic carbocycles. The van der Waals surface area contributed by atoms with E-state index in [4.69, 9.17) is 5.73 Å². The molecule has 0 saturated carbocycles. The van der Waals surface area contributed by atoms with Crippen molar-refractivity contribution in [3.05, 3.63) is 64.6 Å². The van der Waals surface area contributed by atoms with E-state index in [9.17, 15) is 14.4 Å². The topological polar surface area (TPSA) is 112 Å². The molecule has 142 valence electrons. The summed E-state index contributed by atoms with van der Waals surface area (Å²) < 4.78 is 13.5. The number of nitriles is 1. The van der Waals surface area contributed by atoms with Crippen molar-refractivity contribution in [1.29, 1.82) is 5.26 Å². The van der Waals surface area contributed by atoms with Gasteiger partial charge in [0.2, 0.25) is 5.95 Å². The third-order valence-corrected chi connectivity index (χ3v) is 5.20. The smallest absolute Gasteiger partial charge is 0.231 e. The van der Waals surface area contributed by atoms with Crippen molar-refractivity contribution in [1.82, 2.24) is 15.2 Å². The largest absolute Gasteiger partial charge is 0.384 e. The van der Waals surface area contributed by atoms with Crippen LogP contribution in [0.2, 0.25) is 0 Å². The highest BCUT2D eigenvalue weighted by molar-refractivity contribution is 6.01. The maximum atomic E-state index is 13.5. The fraction of sp³-hybridized carbons (Fsp3) is 0.300. The van der Waals surface area contributed by atoms with Crippen LogP contribution < -0.4 is 10.6 Å². The number of H-pyrrole nitrogens is 1. The van der Waals surface area contributed by atoms with Crippen molar-refractivity contribution in [3.8, 4) is 6.07 Å². The molecule has 1 aromatic carbocycles. The van der Waals surface area contributed by atoms with Gasteiger partial charge in [0.15, 0.2) is 5.78 Å². The van der Waals surface area contributed by atoms with Crippen molar-refractivity contribution < 1.29 is 9.18 Å². The summed E-state index contributed by atoms with van der Waals surface area (Å²) in [4.78, 5) is 19.0. The Labute approximate surface area is 161 Å². The van der Waals surface area contributed by atoms with Gasteiger partial charge in [0.05, 0.1) is 17.6 Å². The van der Waals surface area contributed by atoms with E-state index in [1.165, 1.54) is 18.5 Å². The Kier molecular flexibility index (Phi) is 4.03. The van der Waals surface area contributed by atoms with Gasteiger partial charge in [0.25, 0.3) is 0 Å². The molecule has 2 aromatic rings. The predicted molar refractivity (Wildman–Crippen MR) is 99.9 cm³/mol. The molecule has 2 heterocycles. The number of nitrogens with two attached hydrogens (primary N) is 1. The van der Waals surface area contributed by atoms with E-state index >= 15 is 0 Å². The summed E-state index contributed by atoms with van der Waals surface area (Å²) in [5.74, 6) is -0.532. The number of Topliss-reactive ketones (excluding diaryl/α,β-unsaturated/α-hetero) is 1. The molecule has 0 spiro atoms. The van der Waals surface area contributed by atoms with Crippen molar-refractivity contribution in [2.45, 2.75) is 32.6 Å². The van der Waals surface area contributed by atoms with Crippen LogP contribution in [-0.4, -0.2) is 21.0 Å². The van der Waals surface area contributed by atoms with Crippen molar-refractivity contribution >= 4 is 11.7 Å². The van der Waals surface area contributed by atoms with Gasteiger partial charge in [-0.15, -0.1) is 0 Å². The predicted octanol–water partition coefficient (Wildman–Crippen LogP) is 2.88. The minimum Gasteiger partial charge on any atom is -0.384 e. The van der Waals surface area contributed by atoms with E-state index < -0.39 is 5.92 Å². The van der Waals surface area contributed by atoms with Crippen LogP contribution >= 0.6 is 0 Å². The van der Waals surface area contributed by atoms with Gasteiger partial charge in [-0.3, -0.25) is 9.69 Å². The summed E-state index contributed by atoms with van der Waals surface area (Å²) in [6.45, 7) is 4.03. The Balaban J connectivity index is 1.99. The molecule has 8 heteroatoms. The van der Waals surface area contributed by atoms with Crippen LogP contribution in [0.15, 0.2) is 53.3 Å². The summed E-state index contributed by atoms with van der Waals surface area (Å²) in [6.07, 6.45) is 2.27. The second kappa shape index (κ2) is 6.30. The SMILES string of the molecule is CC1(C)CC(=O)C2=C(C1)N(c1ncn[nH]1)C(N)=C(C#N)[C@H]2c1ccc(F)cc1. The van der Waals surface area contributed by atoms with E-state index in [-0.39, 0.29) is 28.4 Å². The normalized spacial score (nSPS) is 21.6. The van der Waals surface area contributed by atoms with Gasteiger partial charge in [-0.2, -0.15) is 15.3 Å². The first-order valence-corrected chi connectivity index (χ1v) is 8.89. The number of halogens is 1. The fourth-order valence-electron chi connectivity index (χ4n) is 4.05. The number of allylic oxidation sites excluding steroid dienone is 3. The maximum Gasteiger partial charge on any atom is 0.231 e. The number of hydrogen-bond donors (Lipinski definition) is 2. The molecule has 3 N–H and O–H groups in total. The fourth-order valence-corrected chi connectivity index (χ4v) is 4.05. The lowest BCUT2D eigenvalue weighted by Crippen LogP contribution is -2.42. The molecule has 4 rings (SSSR count). The standard InChI is InChI=1S/C20H19FN6O/c1-20(2)7-14-17(15(28)8-20)16(11-3-5-12(21)6-4-11)13(9-22)18(23)27(14)19-24-10-25-26-19/h3-6,10,16H,7-8,23H2,1-2H3,(H,24,25,26)/t16-/m1/s1. The number of ketones is 1. The third kappa shape index (κ3) is 2.76. The first-order valence-electron chi connectivity index (χ1n) is 8.89. The van der Waals surface area contributed by atoms with Crippen LogP contribution in [0, 0.1) is 22.6 Å². The van der Waals surface area contributed by atoms with Crippen LogP contribution in [0.5, 0.6) is 0 Å². The Morgan fingerprint density at radius 2 is 2.04 bits per heavy atom. The van der Waals surface area contributed by atoms with Crippen LogP contribution in [0.1, 0.15) is 38.2 Å². The zero-order chi connectivity index (χ0) is 20.1. The number of nitrogens with zero attached hydrogens (tertiary/aromatic N) is 4. The zero-order valence-corrected chi connectivity index (χ0v) is 15.5. The quantitative estimate of drug-likeness (QED) is 0.831. The second-order valence-corrected chi connectivity index (χ2v) is 7.84. The molecule has 28 heavy (non-hydrogen) atoms. The highest BCUT2D eigenvalue weighted by Gasteiger charge is 2.45. The molecule has 7 nitrogen and oxygen atoms in total. The number of anilines is 1. The van der Waals surface area contributed by atoms with E-state index in [1.807, 2.05) is 13.8 Å². The van der Waals surface area contributed by atoms with Crippen LogP contribution in [-0.2, 0) is 4.79 Å². The maximum absolute atomic E-state index is 13.5. The van der Waals surface area contributed by atoms with Gasteiger partial charge in [-0.1, -0.05) is 26.0 Å². The zero-order valence-electron chi connectivity index (χ0n) is 15.5. The molecule has 1 aliphatic heterocycles. The lowest BCUT2D eigenvalue weighted by Gasteiger charge is -2.42. The number of carbonyl (C=O) groups excluding carboxylic acids is 1. The summed E-state index contributed by atoms with van der Waals surface area (Å²) in [6, 6.07) is 7.97. The van der Waals surface area contributed by atoms with Crippen molar-refractivity contribution in [3.63, 3.8) is 0 Å². The molecular formula is C20H19FN6O. The molecule has 0 fully saturated rings. The van der Waals surface area contributed by atoms with E-state index in [2.05, 4.69) is 21.3 Å².